The van der Waals surface area contributed by atoms with Gasteiger partial charge in [0.15, 0.2) is 0 Å². The number of hydrogen-bond donors (Lipinski definition) is 1. The van der Waals surface area contributed by atoms with Crippen LogP contribution in [0.2, 0.25) is 0 Å². The van der Waals surface area contributed by atoms with Crippen LogP contribution in [0.1, 0.15) is 12.0 Å². The van der Waals surface area contributed by atoms with Crippen molar-refractivity contribution in [2.45, 2.75) is 18.1 Å². The SMILES string of the molecule is COc1ccc(N)c(C#N)c1N1CC2(CC(F)CN2C)C1. The Hall–Kier alpha value is -2.00. The van der Waals surface area contributed by atoms with Gasteiger partial charge < -0.3 is 15.4 Å². The lowest BCUT2D eigenvalue weighted by atomic mass is 9.85. The zero-order chi connectivity index (χ0) is 15.2. The van der Waals surface area contributed by atoms with Crippen molar-refractivity contribution in [3.8, 4) is 11.8 Å². The molecule has 2 saturated heterocycles. The van der Waals surface area contributed by atoms with E-state index in [0.717, 1.165) is 5.69 Å². The van der Waals surface area contributed by atoms with E-state index in [2.05, 4.69) is 15.9 Å². The fourth-order valence-electron chi connectivity index (χ4n) is 3.50. The third kappa shape index (κ3) is 2.00. The second-order valence-corrected chi connectivity index (χ2v) is 5.95. The number of benzene rings is 1. The average Bonchev–Trinajstić information content (AvgIpc) is 2.71. The van der Waals surface area contributed by atoms with Gasteiger partial charge in [-0.15, -0.1) is 0 Å². The number of nitriles is 1. The predicted octanol–water partition coefficient (Wildman–Crippen LogP) is 1.38. The summed E-state index contributed by atoms with van der Waals surface area (Å²) in [6.07, 6.45) is -0.220. The Balaban J connectivity index is 1.91. The summed E-state index contributed by atoms with van der Waals surface area (Å²) < 4.78 is 19.0. The number of hydrogen-bond acceptors (Lipinski definition) is 5. The Morgan fingerprint density at radius 1 is 1.48 bits per heavy atom. The first-order chi connectivity index (χ1) is 10.0. The topological polar surface area (TPSA) is 65.5 Å². The minimum atomic E-state index is -0.768. The van der Waals surface area contributed by atoms with Crippen LogP contribution in [0.5, 0.6) is 5.75 Å². The molecule has 1 aromatic carbocycles. The van der Waals surface area contributed by atoms with Crippen molar-refractivity contribution in [1.29, 1.82) is 5.26 Å². The van der Waals surface area contributed by atoms with E-state index < -0.39 is 6.17 Å². The van der Waals surface area contributed by atoms with Gasteiger partial charge in [-0.1, -0.05) is 0 Å². The third-order valence-corrected chi connectivity index (χ3v) is 4.67. The molecule has 1 aromatic rings. The fourth-order valence-corrected chi connectivity index (χ4v) is 3.50. The van der Waals surface area contributed by atoms with Crippen molar-refractivity contribution < 1.29 is 9.13 Å². The van der Waals surface area contributed by atoms with Gasteiger partial charge in [-0.05, 0) is 19.2 Å². The van der Waals surface area contributed by atoms with Gasteiger partial charge in [0.05, 0.1) is 24.0 Å². The number of likely N-dealkylation sites (N-methyl/N-ethyl adjacent to an activating group) is 1. The van der Waals surface area contributed by atoms with Crippen LogP contribution in [-0.4, -0.2) is 50.4 Å². The van der Waals surface area contributed by atoms with Gasteiger partial charge in [-0.25, -0.2) is 4.39 Å². The summed E-state index contributed by atoms with van der Waals surface area (Å²) >= 11 is 0. The number of halogens is 1. The number of nitrogen functional groups attached to an aromatic ring is 1. The molecule has 0 saturated carbocycles. The highest BCUT2D eigenvalue weighted by atomic mass is 19.1. The van der Waals surface area contributed by atoms with Crippen molar-refractivity contribution in [3.05, 3.63) is 17.7 Å². The molecule has 0 aromatic heterocycles. The first-order valence-corrected chi connectivity index (χ1v) is 6.97. The largest absolute Gasteiger partial charge is 0.495 e. The van der Waals surface area contributed by atoms with E-state index in [0.29, 0.717) is 43.1 Å². The number of likely N-dealkylation sites (tertiary alicyclic amines) is 1. The Labute approximate surface area is 123 Å². The molecule has 21 heavy (non-hydrogen) atoms. The van der Waals surface area contributed by atoms with E-state index in [4.69, 9.17) is 10.5 Å². The van der Waals surface area contributed by atoms with Crippen molar-refractivity contribution in [2.75, 3.05) is 44.4 Å². The first-order valence-electron chi connectivity index (χ1n) is 6.97. The van der Waals surface area contributed by atoms with E-state index in [1.54, 1.807) is 19.2 Å². The molecule has 0 bridgehead atoms. The molecule has 0 amide bonds. The molecule has 5 nitrogen and oxygen atoms in total. The second kappa shape index (κ2) is 4.78. The average molecular weight is 290 g/mol. The minimum absolute atomic E-state index is 0.123. The molecule has 3 rings (SSSR count). The predicted molar refractivity (Wildman–Crippen MR) is 79.2 cm³/mol. The van der Waals surface area contributed by atoms with E-state index in [1.807, 2.05) is 7.05 Å². The Morgan fingerprint density at radius 3 is 2.71 bits per heavy atom. The highest BCUT2D eigenvalue weighted by molar-refractivity contribution is 5.77. The Kier molecular flexibility index (Phi) is 3.18. The van der Waals surface area contributed by atoms with Crippen molar-refractivity contribution in [3.63, 3.8) is 0 Å². The van der Waals surface area contributed by atoms with Crippen molar-refractivity contribution >= 4 is 11.4 Å². The zero-order valence-electron chi connectivity index (χ0n) is 12.3. The third-order valence-electron chi connectivity index (χ3n) is 4.67. The molecule has 112 valence electrons. The van der Waals surface area contributed by atoms with Gasteiger partial charge in [0.2, 0.25) is 0 Å². The number of alkyl halides is 1. The molecule has 1 unspecified atom stereocenters. The summed E-state index contributed by atoms with van der Waals surface area (Å²) in [6, 6.07) is 5.60. The van der Waals surface area contributed by atoms with Gasteiger partial charge in [0.1, 0.15) is 23.6 Å². The Bertz CT molecular complexity index is 606. The number of rotatable bonds is 2. The number of ether oxygens (including phenoxy) is 1. The van der Waals surface area contributed by atoms with Gasteiger partial charge in [0, 0.05) is 26.1 Å². The van der Waals surface area contributed by atoms with Gasteiger partial charge in [-0.2, -0.15) is 5.26 Å². The molecule has 2 N–H and O–H groups in total. The molecular formula is C15H19FN4O. The van der Waals surface area contributed by atoms with Gasteiger partial charge in [0.25, 0.3) is 0 Å². The zero-order valence-corrected chi connectivity index (χ0v) is 12.3. The van der Waals surface area contributed by atoms with Crippen LogP contribution in [0, 0.1) is 11.3 Å². The van der Waals surface area contributed by atoms with E-state index in [1.165, 1.54) is 0 Å². The maximum absolute atomic E-state index is 13.6. The van der Waals surface area contributed by atoms with Crippen LogP contribution in [-0.2, 0) is 0 Å². The standard InChI is InChI=1S/C15H19FN4O/c1-19-7-10(16)5-15(19)8-20(9-15)14-11(6-17)12(18)3-4-13(14)21-2/h3-4,10H,5,7-9,18H2,1-2H3. The summed E-state index contributed by atoms with van der Waals surface area (Å²) in [5.41, 5.74) is 7.37. The summed E-state index contributed by atoms with van der Waals surface area (Å²) in [7, 11) is 3.53. The summed E-state index contributed by atoms with van der Waals surface area (Å²) in [5, 5.41) is 9.36. The van der Waals surface area contributed by atoms with Crippen LogP contribution in [0.15, 0.2) is 12.1 Å². The molecule has 0 aliphatic carbocycles. The number of nitrogens with two attached hydrogens (primary N) is 1. The summed E-state index contributed by atoms with van der Waals surface area (Å²) in [6.45, 7) is 1.86. The van der Waals surface area contributed by atoms with Crippen molar-refractivity contribution in [2.24, 2.45) is 0 Å². The van der Waals surface area contributed by atoms with Crippen LogP contribution in [0.3, 0.4) is 0 Å². The van der Waals surface area contributed by atoms with Gasteiger partial charge >= 0.3 is 0 Å². The van der Waals surface area contributed by atoms with E-state index in [9.17, 15) is 9.65 Å². The summed E-state index contributed by atoms with van der Waals surface area (Å²) in [4.78, 5) is 4.14. The number of anilines is 2. The van der Waals surface area contributed by atoms with Gasteiger partial charge in [-0.3, -0.25) is 4.90 Å². The maximum Gasteiger partial charge on any atom is 0.143 e. The molecule has 2 aliphatic rings. The number of methoxy groups -OCH3 is 1. The summed E-state index contributed by atoms with van der Waals surface area (Å²) in [5.74, 6) is 0.632. The fraction of sp³-hybridized carbons (Fsp3) is 0.533. The lowest BCUT2D eigenvalue weighted by Crippen LogP contribution is -2.67. The Morgan fingerprint density at radius 2 is 2.19 bits per heavy atom. The van der Waals surface area contributed by atoms with Crippen LogP contribution < -0.4 is 15.4 Å². The highest BCUT2D eigenvalue weighted by Gasteiger charge is 2.53. The molecule has 0 radical (unpaired) electrons. The maximum atomic E-state index is 13.6. The quantitative estimate of drug-likeness (QED) is 0.834. The van der Waals surface area contributed by atoms with Crippen LogP contribution in [0.4, 0.5) is 15.8 Å². The molecule has 2 heterocycles. The molecule has 1 spiro atoms. The first kappa shape index (κ1) is 14.0. The molecular weight excluding hydrogens is 271 g/mol. The molecule has 1 atom stereocenters. The van der Waals surface area contributed by atoms with E-state index in [-0.39, 0.29) is 5.54 Å². The highest BCUT2D eigenvalue weighted by Crippen LogP contribution is 2.45. The normalized spacial score (nSPS) is 23.9. The minimum Gasteiger partial charge on any atom is -0.495 e. The molecule has 6 heteroatoms. The van der Waals surface area contributed by atoms with Crippen molar-refractivity contribution in [1.82, 2.24) is 4.90 Å². The monoisotopic (exact) mass is 290 g/mol. The lowest BCUT2D eigenvalue weighted by molar-refractivity contribution is 0.132. The molecule has 2 aliphatic heterocycles. The van der Waals surface area contributed by atoms with Crippen LogP contribution in [0.25, 0.3) is 0 Å². The smallest absolute Gasteiger partial charge is 0.143 e. The second-order valence-electron chi connectivity index (χ2n) is 5.95. The number of nitrogens with zero attached hydrogens (tertiary/aromatic N) is 3. The molecule has 2 fully saturated rings. The van der Waals surface area contributed by atoms with Crippen LogP contribution >= 0.6 is 0 Å². The lowest BCUT2D eigenvalue weighted by Gasteiger charge is -2.53. The van der Waals surface area contributed by atoms with E-state index >= 15 is 0 Å².